The molecule has 0 aromatic heterocycles. The number of unbranched alkanes of at least 4 members (excludes halogenated alkanes) is 1. The van der Waals surface area contributed by atoms with E-state index in [1.54, 1.807) is 0 Å². The van der Waals surface area contributed by atoms with Crippen LogP contribution in [-0.4, -0.2) is 6.04 Å². The molecule has 0 saturated carbocycles. The van der Waals surface area contributed by atoms with Gasteiger partial charge in [0.15, 0.2) is 0 Å². The van der Waals surface area contributed by atoms with E-state index in [0.717, 1.165) is 12.8 Å². The summed E-state index contributed by atoms with van der Waals surface area (Å²) in [6.07, 6.45) is 10.7. The normalized spacial score (nSPS) is 15.2. The van der Waals surface area contributed by atoms with Gasteiger partial charge in [0.1, 0.15) is 0 Å². The molecule has 0 heterocycles. The lowest BCUT2D eigenvalue weighted by molar-refractivity contribution is 0.735. The molecule has 0 aliphatic heterocycles. The van der Waals surface area contributed by atoms with Crippen molar-refractivity contribution >= 4 is 0 Å². The lowest BCUT2D eigenvalue weighted by Gasteiger charge is -2.10. The first-order valence-electron chi connectivity index (χ1n) is 5.91. The molecule has 0 saturated heterocycles. The average molecular weight is 207 g/mol. The summed E-state index contributed by atoms with van der Waals surface area (Å²) in [6.45, 7) is 10.2. The van der Waals surface area contributed by atoms with Crippen LogP contribution < -0.4 is 5.73 Å². The maximum absolute atomic E-state index is 5.97. The largest absolute Gasteiger partial charge is 0.324 e. The highest BCUT2D eigenvalue weighted by Gasteiger charge is 2.02. The molecule has 0 aromatic rings. The molecule has 1 unspecified atom stereocenters. The Bertz CT molecular complexity index is 236. The second kappa shape index (κ2) is 8.49. The molecule has 0 rings (SSSR count). The van der Waals surface area contributed by atoms with Crippen LogP contribution in [0.1, 0.15) is 46.5 Å². The van der Waals surface area contributed by atoms with Gasteiger partial charge in [-0.05, 0) is 31.8 Å². The van der Waals surface area contributed by atoms with Crippen molar-refractivity contribution in [1.82, 2.24) is 0 Å². The van der Waals surface area contributed by atoms with Crippen LogP contribution in [0.15, 0.2) is 36.0 Å². The van der Waals surface area contributed by atoms with Crippen molar-refractivity contribution in [3.05, 3.63) is 36.0 Å². The number of rotatable bonds is 7. The second-order valence-electron chi connectivity index (χ2n) is 3.98. The van der Waals surface area contributed by atoms with Crippen molar-refractivity contribution in [1.29, 1.82) is 0 Å². The fourth-order valence-electron chi connectivity index (χ4n) is 1.46. The van der Waals surface area contributed by atoms with Crippen molar-refractivity contribution < 1.29 is 0 Å². The van der Waals surface area contributed by atoms with Crippen LogP contribution in [0.2, 0.25) is 0 Å². The number of hydrogen-bond acceptors (Lipinski definition) is 1. The van der Waals surface area contributed by atoms with Crippen LogP contribution in [0, 0.1) is 0 Å². The minimum absolute atomic E-state index is 0.194. The maximum Gasteiger partial charge on any atom is 0.0251 e. The Labute approximate surface area is 94.8 Å². The van der Waals surface area contributed by atoms with Crippen LogP contribution in [0.5, 0.6) is 0 Å². The lowest BCUT2D eigenvalue weighted by Crippen LogP contribution is -2.19. The van der Waals surface area contributed by atoms with Crippen molar-refractivity contribution in [2.24, 2.45) is 5.73 Å². The average Bonchev–Trinajstić information content (AvgIpc) is 2.24. The summed E-state index contributed by atoms with van der Waals surface area (Å²) >= 11 is 0. The van der Waals surface area contributed by atoms with Crippen molar-refractivity contribution in [3.8, 4) is 0 Å². The van der Waals surface area contributed by atoms with Gasteiger partial charge in [0.25, 0.3) is 0 Å². The fourth-order valence-corrected chi connectivity index (χ4v) is 1.46. The number of allylic oxidation sites excluding steroid dienone is 4. The van der Waals surface area contributed by atoms with Gasteiger partial charge >= 0.3 is 0 Å². The molecule has 0 radical (unpaired) electrons. The molecule has 0 fully saturated rings. The molecule has 0 spiro atoms. The first-order chi connectivity index (χ1) is 7.15. The topological polar surface area (TPSA) is 26.0 Å². The van der Waals surface area contributed by atoms with Gasteiger partial charge in [0.2, 0.25) is 0 Å². The van der Waals surface area contributed by atoms with E-state index in [-0.39, 0.29) is 6.04 Å². The maximum atomic E-state index is 5.97. The van der Waals surface area contributed by atoms with E-state index in [1.807, 2.05) is 6.08 Å². The summed E-state index contributed by atoms with van der Waals surface area (Å²) < 4.78 is 0. The van der Waals surface area contributed by atoms with Crippen molar-refractivity contribution in [3.63, 3.8) is 0 Å². The molecular weight excluding hydrogens is 182 g/mol. The molecule has 0 aromatic carbocycles. The highest BCUT2D eigenvalue weighted by Crippen LogP contribution is 2.13. The lowest BCUT2D eigenvalue weighted by atomic mass is 10.0. The van der Waals surface area contributed by atoms with E-state index in [0.29, 0.717) is 0 Å². The SMILES string of the molecule is C=C/C=C(\C=C(/C)C(N)CC)CCCC. The van der Waals surface area contributed by atoms with Gasteiger partial charge in [-0.2, -0.15) is 0 Å². The first kappa shape index (κ1) is 14.2. The monoisotopic (exact) mass is 207 g/mol. The van der Waals surface area contributed by atoms with Gasteiger partial charge < -0.3 is 5.73 Å². The Morgan fingerprint density at radius 3 is 2.53 bits per heavy atom. The quantitative estimate of drug-likeness (QED) is 0.628. The molecule has 15 heavy (non-hydrogen) atoms. The smallest absolute Gasteiger partial charge is 0.0251 e. The van der Waals surface area contributed by atoms with Gasteiger partial charge in [-0.15, -0.1) is 0 Å². The Morgan fingerprint density at radius 1 is 1.40 bits per heavy atom. The van der Waals surface area contributed by atoms with E-state index in [4.69, 9.17) is 5.73 Å². The summed E-state index contributed by atoms with van der Waals surface area (Å²) in [5.74, 6) is 0. The van der Waals surface area contributed by atoms with E-state index in [9.17, 15) is 0 Å². The predicted molar refractivity (Wildman–Crippen MR) is 69.8 cm³/mol. The van der Waals surface area contributed by atoms with Gasteiger partial charge in [-0.25, -0.2) is 0 Å². The number of nitrogens with two attached hydrogens (primary N) is 1. The Hall–Kier alpha value is -0.820. The summed E-state index contributed by atoms with van der Waals surface area (Å²) in [7, 11) is 0. The highest BCUT2D eigenvalue weighted by molar-refractivity contribution is 5.27. The second-order valence-corrected chi connectivity index (χ2v) is 3.98. The molecule has 1 nitrogen and oxygen atoms in total. The van der Waals surface area contributed by atoms with Crippen LogP contribution in [0.25, 0.3) is 0 Å². The van der Waals surface area contributed by atoms with Gasteiger partial charge in [-0.1, -0.05) is 50.6 Å². The van der Waals surface area contributed by atoms with Gasteiger partial charge in [0.05, 0.1) is 0 Å². The minimum atomic E-state index is 0.194. The molecule has 0 amide bonds. The molecule has 86 valence electrons. The summed E-state index contributed by atoms with van der Waals surface area (Å²) in [5.41, 5.74) is 8.57. The van der Waals surface area contributed by atoms with Gasteiger partial charge in [0, 0.05) is 6.04 Å². The van der Waals surface area contributed by atoms with Crippen LogP contribution >= 0.6 is 0 Å². The Kier molecular flexibility index (Phi) is 8.02. The summed E-state index contributed by atoms with van der Waals surface area (Å²) in [5, 5.41) is 0. The predicted octanol–water partition coefficient (Wildman–Crippen LogP) is 3.97. The van der Waals surface area contributed by atoms with Crippen molar-refractivity contribution in [2.75, 3.05) is 0 Å². The van der Waals surface area contributed by atoms with E-state index in [2.05, 4.69) is 39.5 Å². The zero-order valence-corrected chi connectivity index (χ0v) is 10.4. The number of hydrogen-bond donors (Lipinski definition) is 1. The first-order valence-corrected chi connectivity index (χ1v) is 5.91. The Morgan fingerprint density at radius 2 is 2.07 bits per heavy atom. The van der Waals surface area contributed by atoms with Crippen LogP contribution in [-0.2, 0) is 0 Å². The summed E-state index contributed by atoms with van der Waals surface area (Å²) in [6, 6.07) is 0.194. The fraction of sp³-hybridized carbons (Fsp3) is 0.571. The third kappa shape index (κ3) is 6.29. The molecule has 1 atom stereocenters. The molecule has 2 N–H and O–H groups in total. The molecule has 0 aliphatic carbocycles. The third-order valence-electron chi connectivity index (χ3n) is 2.59. The van der Waals surface area contributed by atoms with Gasteiger partial charge in [-0.3, -0.25) is 0 Å². The van der Waals surface area contributed by atoms with Crippen molar-refractivity contribution in [2.45, 2.75) is 52.5 Å². The van der Waals surface area contributed by atoms with E-state index < -0.39 is 0 Å². The molecule has 0 aliphatic rings. The minimum Gasteiger partial charge on any atom is -0.324 e. The molecule has 0 bridgehead atoms. The van der Waals surface area contributed by atoms with Crippen LogP contribution in [0.4, 0.5) is 0 Å². The zero-order valence-electron chi connectivity index (χ0n) is 10.4. The molecule has 1 heteroatoms. The van der Waals surface area contributed by atoms with E-state index in [1.165, 1.54) is 24.0 Å². The van der Waals surface area contributed by atoms with Crippen LogP contribution in [0.3, 0.4) is 0 Å². The van der Waals surface area contributed by atoms with E-state index >= 15 is 0 Å². The Balaban J connectivity index is 4.50. The zero-order chi connectivity index (χ0) is 11.7. The standard InChI is InChI=1S/C14H25N/c1-5-8-10-13(9-6-2)11-12(4)14(15)7-3/h6,9,11,14H,2,5,7-8,10,15H2,1,3-4H3/b12-11+,13-9-. The molecular formula is C14H25N. The highest BCUT2D eigenvalue weighted by atomic mass is 14.6. The summed E-state index contributed by atoms with van der Waals surface area (Å²) in [4.78, 5) is 0. The third-order valence-corrected chi connectivity index (χ3v) is 2.59.